The van der Waals surface area contributed by atoms with Crippen molar-refractivity contribution in [1.82, 2.24) is 14.9 Å². The zero-order valence-corrected chi connectivity index (χ0v) is 18.3. The van der Waals surface area contributed by atoms with Gasteiger partial charge in [-0.05, 0) is 57.0 Å². The maximum absolute atomic E-state index is 13.3. The summed E-state index contributed by atoms with van der Waals surface area (Å²) in [4.78, 5) is 13.3. The first kappa shape index (κ1) is 20.3. The SMILES string of the molecule is CCOc1ccc([C@H]2Nn3c(C)nnc3S[C@@H]2C(=O)Nc2ccc(C)cc2C)cc1. The molecule has 3 aromatic rings. The van der Waals surface area contributed by atoms with Gasteiger partial charge in [0.2, 0.25) is 11.1 Å². The van der Waals surface area contributed by atoms with Gasteiger partial charge in [0.25, 0.3) is 0 Å². The number of aryl methyl sites for hydroxylation is 3. The number of nitrogens with zero attached hydrogens (tertiary/aromatic N) is 3. The Bertz CT molecular complexity index is 1060. The maximum Gasteiger partial charge on any atom is 0.240 e. The van der Waals surface area contributed by atoms with E-state index in [9.17, 15) is 4.79 Å². The Balaban J connectivity index is 1.64. The predicted octanol–water partition coefficient (Wildman–Crippen LogP) is 4.00. The summed E-state index contributed by atoms with van der Waals surface area (Å²) < 4.78 is 7.40. The number of aromatic nitrogens is 3. The smallest absolute Gasteiger partial charge is 0.240 e. The summed E-state index contributed by atoms with van der Waals surface area (Å²) in [6, 6.07) is 13.6. The summed E-state index contributed by atoms with van der Waals surface area (Å²) in [5.41, 5.74) is 7.43. The molecule has 0 fully saturated rings. The van der Waals surface area contributed by atoms with Crippen molar-refractivity contribution in [2.24, 2.45) is 0 Å². The molecule has 8 heteroatoms. The van der Waals surface area contributed by atoms with Crippen molar-refractivity contribution in [3.05, 3.63) is 65.0 Å². The van der Waals surface area contributed by atoms with Crippen LogP contribution in [0.2, 0.25) is 0 Å². The largest absolute Gasteiger partial charge is 0.494 e. The third-order valence-electron chi connectivity index (χ3n) is 5.05. The molecule has 2 heterocycles. The molecule has 2 atom stereocenters. The third kappa shape index (κ3) is 4.00. The monoisotopic (exact) mass is 423 g/mol. The van der Waals surface area contributed by atoms with Crippen molar-refractivity contribution >= 4 is 23.4 Å². The van der Waals surface area contributed by atoms with Gasteiger partial charge in [0.1, 0.15) is 16.8 Å². The second-order valence-electron chi connectivity index (χ2n) is 7.32. The van der Waals surface area contributed by atoms with E-state index in [4.69, 9.17) is 4.74 Å². The molecule has 0 spiro atoms. The number of amides is 1. The van der Waals surface area contributed by atoms with Crippen LogP contribution in [0.5, 0.6) is 5.75 Å². The normalized spacial score (nSPS) is 17.7. The fourth-order valence-corrected chi connectivity index (χ4v) is 4.63. The van der Waals surface area contributed by atoms with Crippen LogP contribution in [0.3, 0.4) is 0 Å². The van der Waals surface area contributed by atoms with Crippen molar-refractivity contribution in [2.75, 3.05) is 17.3 Å². The lowest BCUT2D eigenvalue weighted by Gasteiger charge is -2.33. The minimum atomic E-state index is -0.417. The Morgan fingerprint density at radius 2 is 1.93 bits per heavy atom. The maximum atomic E-state index is 13.3. The highest BCUT2D eigenvalue weighted by Gasteiger charge is 2.37. The van der Waals surface area contributed by atoms with Crippen LogP contribution in [0, 0.1) is 20.8 Å². The van der Waals surface area contributed by atoms with Gasteiger partial charge in [0, 0.05) is 5.69 Å². The molecule has 1 amide bonds. The van der Waals surface area contributed by atoms with Gasteiger partial charge in [-0.15, -0.1) is 10.2 Å². The quantitative estimate of drug-likeness (QED) is 0.646. The highest BCUT2D eigenvalue weighted by Crippen LogP contribution is 2.38. The summed E-state index contributed by atoms with van der Waals surface area (Å²) in [5, 5.41) is 11.7. The van der Waals surface area contributed by atoms with Crippen molar-refractivity contribution in [3.8, 4) is 5.75 Å². The molecule has 30 heavy (non-hydrogen) atoms. The highest BCUT2D eigenvalue weighted by atomic mass is 32.2. The molecular formula is C22H25N5O2S. The lowest BCUT2D eigenvalue weighted by Crippen LogP contribution is -2.41. The number of nitrogens with one attached hydrogen (secondary N) is 2. The number of carbonyl (C=O) groups excluding carboxylic acids is 1. The predicted molar refractivity (Wildman–Crippen MR) is 119 cm³/mol. The fraction of sp³-hybridized carbons (Fsp3) is 0.318. The van der Waals surface area contributed by atoms with E-state index >= 15 is 0 Å². The van der Waals surface area contributed by atoms with Crippen LogP contribution in [0.25, 0.3) is 0 Å². The van der Waals surface area contributed by atoms with Gasteiger partial charge >= 0.3 is 0 Å². The van der Waals surface area contributed by atoms with Gasteiger partial charge in [-0.1, -0.05) is 41.6 Å². The molecule has 0 aliphatic carbocycles. The van der Waals surface area contributed by atoms with Crippen LogP contribution < -0.4 is 15.5 Å². The fourth-order valence-electron chi connectivity index (χ4n) is 3.51. The average Bonchev–Trinajstić information content (AvgIpc) is 3.10. The van der Waals surface area contributed by atoms with Crippen LogP contribution in [0.15, 0.2) is 47.6 Å². The summed E-state index contributed by atoms with van der Waals surface area (Å²) in [7, 11) is 0. The minimum absolute atomic E-state index is 0.0785. The summed E-state index contributed by atoms with van der Waals surface area (Å²) in [6.45, 7) is 8.49. The second-order valence-corrected chi connectivity index (χ2v) is 8.43. The molecule has 0 unspecified atom stereocenters. The summed E-state index contributed by atoms with van der Waals surface area (Å²) in [6.07, 6.45) is 0. The van der Waals surface area contributed by atoms with E-state index in [-0.39, 0.29) is 11.9 Å². The standard InChI is InChI=1S/C22H25N5O2S/c1-5-29-17-9-7-16(8-10-17)19-20(30-22-25-24-15(4)27(22)26-19)21(28)23-18-11-6-13(2)12-14(18)3/h6-12,19-20,26H,5H2,1-4H3,(H,23,28)/t19-,20+/m1/s1. The van der Waals surface area contributed by atoms with E-state index in [0.29, 0.717) is 11.8 Å². The van der Waals surface area contributed by atoms with E-state index in [0.717, 1.165) is 34.0 Å². The van der Waals surface area contributed by atoms with Gasteiger partial charge in [-0.25, -0.2) is 4.68 Å². The zero-order valence-electron chi connectivity index (χ0n) is 17.5. The second kappa shape index (κ2) is 8.39. The third-order valence-corrected chi connectivity index (χ3v) is 6.26. The number of hydrogen-bond donors (Lipinski definition) is 2. The van der Waals surface area contributed by atoms with Crippen LogP contribution in [0.1, 0.15) is 35.5 Å². The molecule has 156 valence electrons. The first-order valence-corrected chi connectivity index (χ1v) is 10.8. The van der Waals surface area contributed by atoms with Crippen molar-refractivity contribution < 1.29 is 9.53 Å². The van der Waals surface area contributed by atoms with Crippen molar-refractivity contribution in [3.63, 3.8) is 0 Å². The van der Waals surface area contributed by atoms with E-state index < -0.39 is 5.25 Å². The Kier molecular flexibility index (Phi) is 5.67. The molecule has 4 rings (SSSR count). The molecule has 7 nitrogen and oxygen atoms in total. The first-order chi connectivity index (χ1) is 14.5. The number of hydrogen-bond acceptors (Lipinski definition) is 6. The summed E-state index contributed by atoms with van der Waals surface area (Å²) in [5.74, 6) is 1.48. The molecule has 1 aromatic heterocycles. The molecule has 2 aromatic carbocycles. The van der Waals surface area contributed by atoms with Crippen LogP contribution in [-0.4, -0.2) is 32.6 Å². The molecular weight excluding hydrogens is 398 g/mol. The number of fused-ring (bicyclic) bond motifs is 1. The number of benzene rings is 2. The van der Waals surface area contributed by atoms with E-state index in [1.165, 1.54) is 11.8 Å². The lowest BCUT2D eigenvalue weighted by atomic mass is 10.0. The topological polar surface area (TPSA) is 81.1 Å². The van der Waals surface area contributed by atoms with Crippen LogP contribution in [0.4, 0.5) is 5.69 Å². The average molecular weight is 424 g/mol. The molecule has 0 saturated carbocycles. The number of thioether (sulfide) groups is 1. The van der Waals surface area contributed by atoms with Crippen molar-refractivity contribution in [2.45, 2.75) is 44.1 Å². The van der Waals surface area contributed by atoms with Gasteiger partial charge in [0.05, 0.1) is 12.6 Å². The Hall–Kier alpha value is -3.00. The molecule has 2 N–H and O–H groups in total. The number of anilines is 1. The molecule has 0 radical (unpaired) electrons. The van der Waals surface area contributed by atoms with Crippen LogP contribution in [-0.2, 0) is 4.79 Å². The van der Waals surface area contributed by atoms with E-state index in [1.54, 1.807) is 0 Å². The van der Waals surface area contributed by atoms with Crippen molar-refractivity contribution in [1.29, 1.82) is 0 Å². The van der Waals surface area contributed by atoms with E-state index in [1.807, 2.05) is 68.8 Å². The number of carbonyl (C=O) groups is 1. The number of rotatable bonds is 5. The highest BCUT2D eigenvalue weighted by molar-refractivity contribution is 8.00. The van der Waals surface area contributed by atoms with Gasteiger partial charge in [-0.3, -0.25) is 4.79 Å². The number of ether oxygens (including phenoxy) is 1. The van der Waals surface area contributed by atoms with Gasteiger partial charge < -0.3 is 15.5 Å². The minimum Gasteiger partial charge on any atom is -0.494 e. The van der Waals surface area contributed by atoms with Crippen LogP contribution >= 0.6 is 11.8 Å². The molecule has 1 aliphatic heterocycles. The molecule has 0 saturated heterocycles. The van der Waals surface area contributed by atoms with Gasteiger partial charge in [0.15, 0.2) is 0 Å². The molecule has 1 aliphatic rings. The summed E-state index contributed by atoms with van der Waals surface area (Å²) >= 11 is 1.42. The van der Waals surface area contributed by atoms with Gasteiger partial charge in [-0.2, -0.15) is 0 Å². The lowest BCUT2D eigenvalue weighted by molar-refractivity contribution is -0.116. The Morgan fingerprint density at radius 1 is 1.17 bits per heavy atom. The first-order valence-electron chi connectivity index (χ1n) is 9.92. The van der Waals surface area contributed by atoms with E-state index in [2.05, 4.69) is 27.0 Å². The zero-order chi connectivity index (χ0) is 21.3. The Labute approximate surface area is 180 Å². The Morgan fingerprint density at radius 3 is 2.63 bits per heavy atom. The molecule has 0 bridgehead atoms.